The van der Waals surface area contributed by atoms with E-state index in [1.165, 1.54) is 5.56 Å². The van der Waals surface area contributed by atoms with Gasteiger partial charge in [0.25, 0.3) is 0 Å². The van der Waals surface area contributed by atoms with Crippen LogP contribution in [0.3, 0.4) is 0 Å². The molecule has 2 rings (SSSR count). The maximum absolute atomic E-state index is 3.54. The predicted octanol–water partition coefficient (Wildman–Crippen LogP) is 3.08. The molecule has 1 aromatic carbocycles. The Hall–Kier alpha value is -1.34. The zero-order valence-electron chi connectivity index (χ0n) is 9.06. The normalized spacial score (nSPS) is 17.1. The molecule has 0 spiro atoms. The van der Waals surface area contributed by atoms with E-state index in [0.29, 0.717) is 12.0 Å². The fourth-order valence-electron chi connectivity index (χ4n) is 1.79. The van der Waals surface area contributed by atoms with Gasteiger partial charge in [0, 0.05) is 18.5 Å². The third-order valence-electron chi connectivity index (χ3n) is 2.79. The maximum Gasteiger partial charge on any atom is 0.0292 e. The van der Waals surface area contributed by atoms with Gasteiger partial charge < -0.3 is 5.32 Å². The Balaban J connectivity index is 1.85. The average Bonchev–Trinajstić information content (AvgIpc) is 2.80. The highest BCUT2D eigenvalue weighted by molar-refractivity contribution is 5.20. The van der Waals surface area contributed by atoms with Crippen molar-refractivity contribution in [2.75, 3.05) is 6.54 Å². The summed E-state index contributed by atoms with van der Waals surface area (Å²) in [6.07, 6.45) is 8.68. The lowest BCUT2D eigenvalue weighted by atomic mass is 10.1. The first-order valence-corrected chi connectivity index (χ1v) is 5.49. The molecule has 1 nitrogen and oxygen atoms in total. The van der Waals surface area contributed by atoms with Crippen molar-refractivity contribution in [2.45, 2.75) is 13.0 Å². The number of allylic oxidation sites excluding steroid dienone is 2. The quantitative estimate of drug-likeness (QED) is 0.785. The van der Waals surface area contributed by atoms with E-state index in [9.17, 15) is 0 Å². The van der Waals surface area contributed by atoms with Crippen LogP contribution in [0.4, 0.5) is 0 Å². The minimum absolute atomic E-state index is 0.425. The van der Waals surface area contributed by atoms with Gasteiger partial charge >= 0.3 is 0 Å². The lowest BCUT2D eigenvalue weighted by Crippen LogP contribution is -2.23. The lowest BCUT2D eigenvalue weighted by Gasteiger charge is -2.15. The highest BCUT2D eigenvalue weighted by atomic mass is 14.9. The predicted molar refractivity (Wildman–Crippen MR) is 64.6 cm³/mol. The molecule has 15 heavy (non-hydrogen) atoms. The van der Waals surface area contributed by atoms with Gasteiger partial charge in [-0.15, -0.1) is 0 Å². The van der Waals surface area contributed by atoms with Crippen LogP contribution in [0.1, 0.15) is 18.5 Å². The molecule has 0 saturated heterocycles. The molecule has 1 aliphatic rings. The van der Waals surface area contributed by atoms with Gasteiger partial charge in [0.15, 0.2) is 0 Å². The van der Waals surface area contributed by atoms with Crippen molar-refractivity contribution in [1.29, 1.82) is 0 Å². The molecule has 0 saturated carbocycles. The standard InChI is InChI=1S/C14H17N/c1-12(14-9-3-2-4-10-14)15-11-13-7-5-6-8-13/h2-10,12-13,15H,11H2,1H3. The average molecular weight is 199 g/mol. The summed E-state index contributed by atoms with van der Waals surface area (Å²) in [5.74, 6) is 0.566. The molecule has 1 aromatic rings. The van der Waals surface area contributed by atoms with E-state index in [1.54, 1.807) is 0 Å². The summed E-state index contributed by atoms with van der Waals surface area (Å²) in [6.45, 7) is 3.22. The van der Waals surface area contributed by atoms with Gasteiger partial charge in [-0.05, 0) is 12.5 Å². The molecule has 1 N–H and O–H groups in total. The van der Waals surface area contributed by atoms with E-state index in [2.05, 4.69) is 66.9 Å². The minimum Gasteiger partial charge on any atom is -0.309 e. The smallest absolute Gasteiger partial charge is 0.0292 e. The third kappa shape index (κ3) is 2.80. The molecular formula is C14H17N. The van der Waals surface area contributed by atoms with Crippen molar-refractivity contribution in [2.24, 2.45) is 5.92 Å². The van der Waals surface area contributed by atoms with Crippen LogP contribution < -0.4 is 5.32 Å². The van der Waals surface area contributed by atoms with Gasteiger partial charge in [0.1, 0.15) is 0 Å². The number of nitrogens with one attached hydrogen (secondary N) is 1. The molecule has 0 aromatic heterocycles. The summed E-state index contributed by atoms with van der Waals surface area (Å²) in [5.41, 5.74) is 1.35. The van der Waals surface area contributed by atoms with Crippen molar-refractivity contribution < 1.29 is 0 Å². The van der Waals surface area contributed by atoms with E-state index >= 15 is 0 Å². The van der Waals surface area contributed by atoms with Crippen molar-refractivity contribution in [3.8, 4) is 0 Å². The molecule has 0 heterocycles. The van der Waals surface area contributed by atoms with Gasteiger partial charge in [0.05, 0.1) is 0 Å². The summed E-state index contributed by atoms with van der Waals surface area (Å²) >= 11 is 0. The molecule has 1 aliphatic carbocycles. The fourth-order valence-corrected chi connectivity index (χ4v) is 1.79. The van der Waals surface area contributed by atoms with Crippen molar-refractivity contribution in [1.82, 2.24) is 5.32 Å². The Morgan fingerprint density at radius 3 is 2.47 bits per heavy atom. The summed E-state index contributed by atoms with van der Waals surface area (Å²) in [5, 5.41) is 3.54. The van der Waals surface area contributed by atoms with Crippen molar-refractivity contribution >= 4 is 0 Å². The second-order valence-corrected chi connectivity index (χ2v) is 3.97. The van der Waals surface area contributed by atoms with Crippen LogP contribution in [0.25, 0.3) is 0 Å². The summed E-state index contributed by atoms with van der Waals surface area (Å²) in [6, 6.07) is 11.0. The van der Waals surface area contributed by atoms with Crippen LogP contribution >= 0.6 is 0 Å². The van der Waals surface area contributed by atoms with E-state index in [0.717, 1.165) is 6.54 Å². The monoisotopic (exact) mass is 199 g/mol. The molecule has 1 atom stereocenters. The van der Waals surface area contributed by atoms with Crippen LogP contribution in [0.15, 0.2) is 54.6 Å². The summed E-state index contributed by atoms with van der Waals surface area (Å²) < 4.78 is 0. The Bertz CT molecular complexity index is 339. The van der Waals surface area contributed by atoms with Gasteiger partial charge in [0.2, 0.25) is 0 Å². The van der Waals surface area contributed by atoms with Crippen LogP contribution in [-0.2, 0) is 0 Å². The van der Waals surface area contributed by atoms with Gasteiger partial charge in [-0.1, -0.05) is 54.6 Å². The maximum atomic E-state index is 3.54. The van der Waals surface area contributed by atoms with E-state index in [4.69, 9.17) is 0 Å². The lowest BCUT2D eigenvalue weighted by molar-refractivity contribution is 0.545. The second-order valence-electron chi connectivity index (χ2n) is 3.97. The molecule has 0 amide bonds. The van der Waals surface area contributed by atoms with Crippen molar-refractivity contribution in [3.63, 3.8) is 0 Å². The number of hydrogen-bond acceptors (Lipinski definition) is 1. The topological polar surface area (TPSA) is 12.0 Å². The summed E-state index contributed by atoms with van der Waals surface area (Å²) in [4.78, 5) is 0. The fraction of sp³-hybridized carbons (Fsp3) is 0.286. The van der Waals surface area contributed by atoms with Gasteiger partial charge in [-0.25, -0.2) is 0 Å². The first-order chi connectivity index (χ1) is 7.36. The molecule has 1 heteroatoms. The Morgan fingerprint density at radius 2 is 1.80 bits per heavy atom. The largest absolute Gasteiger partial charge is 0.309 e. The van der Waals surface area contributed by atoms with Crippen LogP contribution in [-0.4, -0.2) is 6.54 Å². The van der Waals surface area contributed by atoms with Crippen LogP contribution in [0.5, 0.6) is 0 Å². The second kappa shape index (κ2) is 4.94. The van der Waals surface area contributed by atoms with Gasteiger partial charge in [-0.2, -0.15) is 0 Å². The van der Waals surface area contributed by atoms with E-state index in [-0.39, 0.29) is 0 Å². The highest BCUT2D eigenvalue weighted by Gasteiger charge is 2.07. The Kier molecular flexibility index (Phi) is 3.36. The SMILES string of the molecule is CC(NCC1C=CC=C1)c1ccccc1. The van der Waals surface area contributed by atoms with E-state index in [1.807, 2.05) is 0 Å². The number of rotatable bonds is 4. The molecule has 1 unspecified atom stereocenters. The first kappa shape index (κ1) is 10.2. The highest BCUT2D eigenvalue weighted by Crippen LogP contribution is 2.13. The zero-order valence-corrected chi connectivity index (χ0v) is 9.06. The first-order valence-electron chi connectivity index (χ1n) is 5.49. The summed E-state index contributed by atoms with van der Waals surface area (Å²) in [7, 11) is 0. The minimum atomic E-state index is 0.425. The molecule has 0 aliphatic heterocycles. The molecule has 0 radical (unpaired) electrons. The zero-order chi connectivity index (χ0) is 10.5. The Morgan fingerprint density at radius 1 is 1.13 bits per heavy atom. The van der Waals surface area contributed by atoms with Crippen molar-refractivity contribution in [3.05, 3.63) is 60.2 Å². The van der Waals surface area contributed by atoms with Crippen LogP contribution in [0, 0.1) is 5.92 Å². The Labute approximate surface area is 91.5 Å². The third-order valence-corrected chi connectivity index (χ3v) is 2.79. The molecule has 0 bridgehead atoms. The van der Waals surface area contributed by atoms with Gasteiger partial charge in [-0.3, -0.25) is 0 Å². The van der Waals surface area contributed by atoms with Crippen LogP contribution in [0.2, 0.25) is 0 Å². The number of benzene rings is 1. The molecule has 78 valence electrons. The molecular weight excluding hydrogens is 182 g/mol. The molecule has 0 fully saturated rings. The number of hydrogen-bond donors (Lipinski definition) is 1. The van der Waals surface area contributed by atoms with E-state index < -0.39 is 0 Å².